The monoisotopic (exact) mass is 378 g/mol. The summed E-state index contributed by atoms with van der Waals surface area (Å²) in [6, 6.07) is 5.62. The summed E-state index contributed by atoms with van der Waals surface area (Å²) in [4.78, 5) is 14.8. The van der Waals surface area contributed by atoms with Crippen molar-refractivity contribution in [3.63, 3.8) is 0 Å². The topological polar surface area (TPSA) is 41.6 Å². The molecule has 0 saturated carbocycles. The number of carbonyl (C=O) groups excluding carboxylic acids is 1. The van der Waals surface area contributed by atoms with Crippen LogP contribution in [0.2, 0.25) is 10.0 Å². The minimum absolute atomic E-state index is 0. The molecule has 1 aromatic rings. The summed E-state index contributed by atoms with van der Waals surface area (Å²) in [7, 11) is 0. The molecule has 7 heteroatoms. The van der Waals surface area contributed by atoms with Crippen molar-refractivity contribution in [3.8, 4) is 5.75 Å². The number of hydrogen-bond acceptors (Lipinski definition) is 3. The third kappa shape index (κ3) is 4.24. The molecule has 1 aromatic carbocycles. The number of hydrogen-bond donors (Lipinski definition) is 1. The third-order valence-corrected chi connectivity index (χ3v) is 4.84. The number of benzene rings is 1. The molecule has 2 heterocycles. The molecule has 1 N–H and O–H groups in total. The highest BCUT2D eigenvalue weighted by molar-refractivity contribution is 6.34. The second-order valence-corrected chi connectivity index (χ2v) is 6.86. The van der Waals surface area contributed by atoms with E-state index in [9.17, 15) is 4.79 Å². The minimum atomic E-state index is -0.546. The molecule has 2 saturated heterocycles. The summed E-state index contributed by atoms with van der Waals surface area (Å²) in [5.74, 6) is 0.575. The molecule has 3 rings (SSSR count). The normalized spacial score (nSPS) is 24.6. The van der Waals surface area contributed by atoms with Gasteiger partial charge in [0.1, 0.15) is 5.75 Å². The van der Waals surface area contributed by atoms with Gasteiger partial charge in [-0.05, 0) is 50.9 Å². The summed E-state index contributed by atoms with van der Waals surface area (Å²) in [6.07, 6.45) is 2.63. The number of rotatable bonds is 3. The van der Waals surface area contributed by atoms with Crippen molar-refractivity contribution in [2.24, 2.45) is 0 Å². The molecule has 3 atom stereocenters. The lowest BCUT2D eigenvalue weighted by molar-refractivity contribution is -0.140. The van der Waals surface area contributed by atoms with Crippen molar-refractivity contribution in [2.45, 2.75) is 44.4 Å². The van der Waals surface area contributed by atoms with Gasteiger partial charge in [-0.1, -0.05) is 23.2 Å². The highest BCUT2D eigenvalue weighted by Crippen LogP contribution is 2.30. The standard InChI is InChI=1S/C16H20Cl2N2O2.ClH/c1-10(22-15-7-11(17)6-12(18)8-15)16(21)20-13-2-3-14(20)9-19-5-4-13;/h6-8,10,13-14,19H,2-5,9H2,1H3;1H. The van der Waals surface area contributed by atoms with Gasteiger partial charge in [0.25, 0.3) is 5.91 Å². The molecular formula is C16H21Cl3N2O2. The Morgan fingerprint density at radius 1 is 1.22 bits per heavy atom. The van der Waals surface area contributed by atoms with Gasteiger partial charge in [-0.3, -0.25) is 4.79 Å². The van der Waals surface area contributed by atoms with Gasteiger partial charge < -0.3 is 15.0 Å². The van der Waals surface area contributed by atoms with Crippen LogP contribution in [0.4, 0.5) is 0 Å². The first-order valence-electron chi connectivity index (χ1n) is 7.70. The van der Waals surface area contributed by atoms with Gasteiger partial charge in [-0.15, -0.1) is 12.4 Å². The van der Waals surface area contributed by atoms with E-state index in [-0.39, 0.29) is 24.4 Å². The maximum atomic E-state index is 12.8. The summed E-state index contributed by atoms with van der Waals surface area (Å²) in [5, 5.41) is 4.40. The summed E-state index contributed by atoms with van der Waals surface area (Å²) in [6.45, 7) is 3.64. The van der Waals surface area contributed by atoms with Gasteiger partial charge >= 0.3 is 0 Å². The molecule has 2 aliphatic heterocycles. The SMILES string of the molecule is CC(Oc1cc(Cl)cc(Cl)c1)C(=O)N1C2CCNCC1CC2.Cl. The van der Waals surface area contributed by atoms with Crippen molar-refractivity contribution in [2.75, 3.05) is 13.1 Å². The zero-order valence-corrected chi connectivity index (χ0v) is 15.3. The zero-order chi connectivity index (χ0) is 15.7. The molecule has 3 unspecified atom stereocenters. The third-order valence-electron chi connectivity index (χ3n) is 4.41. The molecule has 0 radical (unpaired) electrons. The second-order valence-electron chi connectivity index (χ2n) is 5.99. The zero-order valence-electron chi connectivity index (χ0n) is 12.9. The van der Waals surface area contributed by atoms with Crippen LogP contribution in [0.3, 0.4) is 0 Å². The lowest BCUT2D eigenvalue weighted by atomic mass is 10.1. The lowest BCUT2D eigenvalue weighted by Gasteiger charge is -2.30. The molecule has 23 heavy (non-hydrogen) atoms. The van der Waals surface area contributed by atoms with Crippen LogP contribution >= 0.6 is 35.6 Å². The lowest BCUT2D eigenvalue weighted by Crippen LogP contribution is -2.48. The number of amides is 1. The van der Waals surface area contributed by atoms with Crippen LogP contribution in [-0.4, -0.2) is 42.1 Å². The van der Waals surface area contributed by atoms with Crippen molar-refractivity contribution in [1.82, 2.24) is 10.2 Å². The fourth-order valence-corrected chi connectivity index (χ4v) is 3.91. The van der Waals surface area contributed by atoms with E-state index in [1.165, 1.54) is 0 Å². The van der Waals surface area contributed by atoms with Crippen LogP contribution in [0.15, 0.2) is 18.2 Å². The quantitative estimate of drug-likeness (QED) is 0.873. The van der Waals surface area contributed by atoms with Crippen molar-refractivity contribution >= 4 is 41.5 Å². The van der Waals surface area contributed by atoms with Crippen LogP contribution in [0.1, 0.15) is 26.2 Å². The van der Waals surface area contributed by atoms with Gasteiger partial charge in [-0.25, -0.2) is 0 Å². The molecule has 2 fully saturated rings. The minimum Gasteiger partial charge on any atom is -0.481 e. The average molecular weight is 380 g/mol. The Hall–Kier alpha value is -0.680. The van der Waals surface area contributed by atoms with E-state index in [0.717, 1.165) is 32.4 Å². The van der Waals surface area contributed by atoms with E-state index >= 15 is 0 Å². The number of nitrogens with zero attached hydrogens (tertiary/aromatic N) is 1. The molecule has 1 amide bonds. The number of carbonyl (C=O) groups is 1. The molecule has 0 aromatic heterocycles. The van der Waals surface area contributed by atoms with E-state index in [0.29, 0.717) is 21.8 Å². The van der Waals surface area contributed by atoms with Crippen LogP contribution in [0.25, 0.3) is 0 Å². The maximum absolute atomic E-state index is 12.8. The highest BCUT2D eigenvalue weighted by Gasteiger charge is 2.40. The van der Waals surface area contributed by atoms with Crippen LogP contribution < -0.4 is 10.1 Å². The summed E-state index contributed by atoms with van der Waals surface area (Å²) in [5.41, 5.74) is 0. The Balaban J connectivity index is 0.00000192. The molecule has 2 aliphatic rings. The Kier molecular flexibility index (Phi) is 6.43. The predicted molar refractivity (Wildman–Crippen MR) is 94.9 cm³/mol. The molecule has 2 bridgehead atoms. The van der Waals surface area contributed by atoms with Gasteiger partial charge in [0.15, 0.2) is 6.10 Å². The fourth-order valence-electron chi connectivity index (χ4n) is 3.40. The second kappa shape index (κ2) is 7.93. The van der Waals surface area contributed by atoms with E-state index in [2.05, 4.69) is 5.32 Å². The van der Waals surface area contributed by atoms with E-state index in [4.69, 9.17) is 27.9 Å². The van der Waals surface area contributed by atoms with Crippen LogP contribution in [0.5, 0.6) is 5.75 Å². The van der Waals surface area contributed by atoms with E-state index in [1.54, 1.807) is 25.1 Å². The number of ether oxygens (including phenoxy) is 1. The van der Waals surface area contributed by atoms with E-state index < -0.39 is 6.10 Å². The first-order valence-corrected chi connectivity index (χ1v) is 8.46. The first-order chi connectivity index (χ1) is 10.5. The van der Waals surface area contributed by atoms with Gasteiger partial charge in [0.05, 0.1) is 0 Å². The van der Waals surface area contributed by atoms with Crippen molar-refractivity contribution in [1.29, 1.82) is 0 Å². The van der Waals surface area contributed by atoms with Gasteiger partial charge in [0, 0.05) is 28.7 Å². The van der Waals surface area contributed by atoms with Crippen molar-refractivity contribution in [3.05, 3.63) is 28.2 Å². The summed E-state index contributed by atoms with van der Waals surface area (Å²) < 4.78 is 5.78. The Morgan fingerprint density at radius 2 is 1.87 bits per heavy atom. The van der Waals surface area contributed by atoms with Gasteiger partial charge in [0.2, 0.25) is 0 Å². The molecule has 0 spiro atoms. The largest absolute Gasteiger partial charge is 0.481 e. The molecule has 0 aliphatic carbocycles. The van der Waals surface area contributed by atoms with Crippen LogP contribution in [-0.2, 0) is 4.79 Å². The highest BCUT2D eigenvalue weighted by atomic mass is 35.5. The average Bonchev–Trinajstić information content (AvgIpc) is 2.70. The number of nitrogens with one attached hydrogen (secondary N) is 1. The summed E-state index contributed by atoms with van der Waals surface area (Å²) >= 11 is 11.9. The van der Waals surface area contributed by atoms with Gasteiger partial charge in [-0.2, -0.15) is 0 Å². The molecule has 4 nitrogen and oxygen atoms in total. The first kappa shape index (κ1) is 18.7. The Labute approximate surface area is 152 Å². The number of halogens is 3. The fraction of sp³-hybridized carbons (Fsp3) is 0.562. The van der Waals surface area contributed by atoms with Crippen molar-refractivity contribution < 1.29 is 9.53 Å². The van der Waals surface area contributed by atoms with E-state index in [1.807, 2.05) is 4.90 Å². The van der Waals surface area contributed by atoms with Crippen LogP contribution in [0, 0.1) is 0 Å². The Morgan fingerprint density at radius 3 is 2.57 bits per heavy atom. The Bertz CT molecular complexity index is 536. The smallest absolute Gasteiger partial charge is 0.263 e. The molecular weight excluding hydrogens is 359 g/mol. The molecule has 128 valence electrons. The maximum Gasteiger partial charge on any atom is 0.263 e. The predicted octanol–water partition coefficient (Wildman–Crippen LogP) is 3.54. The number of fused-ring (bicyclic) bond motifs is 2.